The highest BCUT2D eigenvalue weighted by Crippen LogP contribution is 2.30. The number of piperidine rings is 1. The number of hydrogen-bond donors (Lipinski definition) is 0. The zero-order valence-corrected chi connectivity index (χ0v) is 19.8. The minimum absolute atomic E-state index is 0.0388. The van der Waals surface area contributed by atoms with Gasteiger partial charge in [0.15, 0.2) is 10.7 Å². The van der Waals surface area contributed by atoms with Gasteiger partial charge < -0.3 is 13.8 Å². The second kappa shape index (κ2) is 9.94. The molecule has 180 valence electrons. The average Bonchev–Trinajstić information content (AvgIpc) is 3.47. The highest BCUT2D eigenvalue weighted by atomic mass is 32.2. The molecule has 34 heavy (non-hydrogen) atoms. The first kappa shape index (κ1) is 23.9. The number of amides is 1. The third-order valence-corrected chi connectivity index (χ3v) is 7.96. The Morgan fingerprint density at radius 2 is 1.94 bits per heavy atom. The Kier molecular flexibility index (Phi) is 6.99. The molecule has 0 atom stereocenters. The van der Waals surface area contributed by atoms with E-state index in [1.165, 1.54) is 22.5 Å². The lowest BCUT2D eigenvalue weighted by Crippen LogP contribution is -2.43. The Morgan fingerprint density at radius 3 is 2.62 bits per heavy atom. The predicted octanol–water partition coefficient (Wildman–Crippen LogP) is 3.94. The van der Waals surface area contributed by atoms with Crippen molar-refractivity contribution in [3.63, 3.8) is 0 Å². The average molecular weight is 488 g/mol. The Bertz CT molecular complexity index is 1280. The van der Waals surface area contributed by atoms with Gasteiger partial charge in [0.1, 0.15) is 17.3 Å². The van der Waals surface area contributed by atoms with Gasteiger partial charge in [-0.1, -0.05) is 23.4 Å². The highest BCUT2D eigenvalue weighted by molar-refractivity contribution is 7.89. The van der Waals surface area contributed by atoms with E-state index in [9.17, 15) is 17.6 Å². The minimum atomic E-state index is -3.91. The van der Waals surface area contributed by atoms with Crippen LogP contribution in [0.4, 0.5) is 4.39 Å². The number of aromatic nitrogens is 1. The fourth-order valence-electron chi connectivity index (χ4n) is 4.07. The Morgan fingerprint density at radius 1 is 1.21 bits per heavy atom. The van der Waals surface area contributed by atoms with E-state index in [0.717, 1.165) is 0 Å². The van der Waals surface area contributed by atoms with Crippen LogP contribution in [0.1, 0.15) is 35.6 Å². The smallest absolute Gasteiger partial charge is 0.248 e. The molecule has 4 rings (SSSR count). The highest BCUT2D eigenvalue weighted by Gasteiger charge is 2.36. The Labute approximate surface area is 197 Å². The summed E-state index contributed by atoms with van der Waals surface area (Å²) in [7, 11) is -2.20. The molecule has 0 radical (unpaired) electrons. The molecule has 3 aromatic rings. The van der Waals surface area contributed by atoms with Gasteiger partial charge in [0.25, 0.3) is 0 Å². The number of hydrogen-bond acceptors (Lipinski definition) is 6. The second-order valence-electron chi connectivity index (χ2n) is 8.27. The van der Waals surface area contributed by atoms with Crippen molar-refractivity contribution >= 4 is 28.1 Å². The van der Waals surface area contributed by atoms with E-state index in [2.05, 4.69) is 5.16 Å². The van der Waals surface area contributed by atoms with E-state index in [1.54, 1.807) is 55.5 Å². The molecule has 8 nitrogen and oxygen atoms in total. The van der Waals surface area contributed by atoms with E-state index in [0.29, 0.717) is 30.7 Å². The van der Waals surface area contributed by atoms with Crippen LogP contribution in [0.25, 0.3) is 12.2 Å². The zero-order valence-electron chi connectivity index (χ0n) is 19.0. The minimum Gasteiger partial charge on any atom is -0.467 e. The summed E-state index contributed by atoms with van der Waals surface area (Å²) in [6.07, 6.45) is 5.24. The van der Waals surface area contributed by atoms with Gasteiger partial charge in [-0.2, -0.15) is 4.31 Å². The van der Waals surface area contributed by atoms with E-state index >= 15 is 0 Å². The van der Waals surface area contributed by atoms with E-state index in [1.807, 2.05) is 0 Å². The van der Waals surface area contributed by atoms with Crippen molar-refractivity contribution in [2.75, 3.05) is 20.1 Å². The summed E-state index contributed by atoms with van der Waals surface area (Å²) in [5.41, 5.74) is 0.530. The lowest BCUT2D eigenvalue weighted by Gasteiger charge is -2.32. The molecule has 1 aliphatic heterocycles. The van der Waals surface area contributed by atoms with Crippen molar-refractivity contribution in [3.8, 4) is 0 Å². The first-order chi connectivity index (χ1) is 16.3. The quantitative estimate of drug-likeness (QED) is 0.501. The molecule has 0 N–H and O–H groups in total. The molecule has 1 aliphatic rings. The molecular formula is C24H26FN3O5S. The maximum absolute atomic E-state index is 13.9. The van der Waals surface area contributed by atoms with Gasteiger partial charge in [0, 0.05) is 31.6 Å². The van der Waals surface area contributed by atoms with Crippen molar-refractivity contribution in [2.45, 2.75) is 31.2 Å². The van der Waals surface area contributed by atoms with Crippen molar-refractivity contribution < 1.29 is 26.5 Å². The van der Waals surface area contributed by atoms with Crippen LogP contribution in [0.15, 0.2) is 56.5 Å². The van der Waals surface area contributed by atoms with Crippen LogP contribution in [0.3, 0.4) is 0 Å². The summed E-state index contributed by atoms with van der Waals surface area (Å²) in [5.74, 6) is -0.00595. The van der Waals surface area contributed by atoms with Gasteiger partial charge in [0.05, 0.1) is 12.8 Å². The van der Waals surface area contributed by atoms with Gasteiger partial charge in [-0.15, -0.1) is 0 Å². The summed E-state index contributed by atoms with van der Waals surface area (Å²) < 4.78 is 52.6. The van der Waals surface area contributed by atoms with Crippen molar-refractivity contribution in [2.24, 2.45) is 5.92 Å². The number of halogens is 1. The predicted molar refractivity (Wildman–Crippen MR) is 123 cm³/mol. The van der Waals surface area contributed by atoms with E-state index < -0.39 is 15.8 Å². The number of rotatable bonds is 7. The number of benzene rings is 1. The molecule has 10 heteroatoms. The van der Waals surface area contributed by atoms with Gasteiger partial charge in [-0.25, -0.2) is 12.8 Å². The molecule has 1 fully saturated rings. The first-order valence-corrected chi connectivity index (χ1v) is 12.4. The fourth-order valence-corrected chi connectivity index (χ4v) is 5.79. The number of furan rings is 1. The lowest BCUT2D eigenvalue weighted by molar-refractivity contribution is -0.136. The van der Waals surface area contributed by atoms with Crippen LogP contribution < -0.4 is 0 Å². The van der Waals surface area contributed by atoms with Crippen molar-refractivity contribution in [1.29, 1.82) is 0 Å². The third-order valence-electron chi connectivity index (χ3n) is 5.90. The molecular weight excluding hydrogens is 461 g/mol. The number of carbonyl (C=O) groups is 1. The van der Waals surface area contributed by atoms with E-state index in [4.69, 9.17) is 8.94 Å². The van der Waals surface area contributed by atoms with Crippen molar-refractivity contribution in [1.82, 2.24) is 14.4 Å². The summed E-state index contributed by atoms with van der Waals surface area (Å²) in [5, 5.41) is 3.82. The molecule has 0 saturated carbocycles. The van der Waals surface area contributed by atoms with Crippen LogP contribution in [0, 0.1) is 18.7 Å². The number of nitrogens with zero attached hydrogens (tertiary/aromatic N) is 3. The van der Waals surface area contributed by atoms with Gasteiger partial charge in [0.2, 0.25) is 15.9 Å². The Hall–Kier alpha value is -3.24. The standard InChI is InChI=1S/C24H26FN3O5S/c1-17-23(22(33-26-17)10-9-18-6-3-4-8-21(18)25)34(30,31)28-13-11-19(12-14-28)24(29)27(2)16-20-7-5-15-32-20/h3-10,15,19H,11-14,16H2,1-2H3. The number of aryl methyl sites for hydroxylation is 1. The molecule has 1 amide bonds. The molecule has 0 unspecified atom stereocenters. The summed E-state index contributed by atoms with van der Waals surface area (Å²) in [6, 6.07) is 9.73. The lowest BCUT2D eigenvalue weighted by atomic mass is 9.96. The SMILES string of the molecule is Cc1noc(C=Cc2ccccc2F)c1S(=O)(=O)N1CCC(C(=O)N(C)Cc2ccco2)CC1. The molecule has 1 saturated heterocycles. The maximum Gasteiger partial charge on any atom is 0.248 e. The molecule has 1 aromatic carbocycles. The molecule has 0 spiro atoms. The largest absolute Gasteiger partial charge is 0.467 e. The van der Waals surface area contributed by atoms with Gasteiger partial charge >= 0.3 is 0 Å². The van der Waals surface area contributed by atoms with E-state index in [-0.39, 0.29) is 41.3 Å². The normalized spacial score (nSPS) is 15.7. The third kappa shape index (κ3) is 4.97. The molecule has 3 heterocycles. The van der Waals surface area contributed by atoms with Crippen LogP contribution in [-0.4, -0.2) is 48.8 Å². The van der Waals surface area contributed by atoms with Crippen LogP contribution in [0.5, 0.6) is 0 Å². The van der Waals surface area contributed by atoms with Gasteiger partial charge in [-0.05, 0) is 50.1 Å². The monoisotopic (exact) mass is 487 g/mol. The topological polar surface area (TPSA) is 96.9 Å². The summed E-state index contributed by atoms with van der Waals surface area (Å²) >= 11 is 0. The molecule has 2 aromatic heterocycles. The van der Waals surface area contributed by atoms with Crippen molar-refractivity contribution in [3.05, 3.63) is 71.3 Å². The summed E-state index contributed by atoms with van der Waals surface area (Å²) in [4.78, 5) is 14.4. The first-order valence-electron chi connectivity index (χ1n) is 10.9. The molecule has 0 aliphatic carbocycles. The zero-order chi connectivity index (χ0) is 24.3. The number of carbonyl (C=O) groups excluding carboxylic acids is 1. The molecule has 0 bridgehead atoms. The van der Waals surface area contributed by atoms with Crippen LogP contribution >= 0.6 is 0 Å². The Balaban J connectivity index is 1.45. The second-order valence-corrected chi connectivity index (χ2v) is 10.1. The maximum atomic E-state index is 13.9. The number of sulfonamides is 1. The summed E-state index contributed by atoms with van der Waals surface area (Å²) in [6.45, 7) is 2.32. The van der Waals surface area contributed by atoms with Crippen LogP contribution in [-0.2, 0) is 21.4 Å². The fraction of sp³-hybridized carbons (Fsp3) is 0.333. The van der Waals surface area contributed by atoms with Crippen LogP contribution in [0.2, 0.25) is 0 Å². The van der Waals surface area contributed by atoms with Gasteiger partial charge in [-0.3, -0.25) is 4.79 Å².